The van der Waals surface area contributed by atoms with Crippen molar-refractivity contribution in [3.8, 4) is 5.69 Å². The lowest BCUT2D eigenvalue weighted by molar-refractivity contribution is 0.0936. The third kappa shape index (κ3) is 2.98. The fourth-order valence-corrected chi connectivity index (χ4v) is 2.61. The minimum atomic E-state index is -0.169. The fraction of sp³-hybridized carbons (Fsp3) is 0.400. The van der Waals surface area contributed by atoms with Crippen LogP contribution in [0.15, 0.2) is 24.3 Å². The highest BCUT2D eigenvalue weighted by Crippen LogP contribution is 2.17. The number of hydrogen-bond acceptors (Lipinski definition) is 4. The lowest BCUT2D eigenvalue weighted by atomic mass is 10.0. The number of rotatable bonds is 5. The molecule has 0 bridgehead atoms. The van der Waals surface area contributed by atoms with Gasteiger partial charge in [0.15, 0.2) is 5.69 Å². The Bertz CT molecular complexity index is 680. The molecule has 1 fully saturated rings. The van der Waals surface area contributed by atoms with Gasteiger partial charge in [0.2, 0.25) is 0 Å². The van der Waals surface area contributed by atoms with E-state index in [2.05, 4.69) is 20.9 Å². The molecular weight excluding hydrogens is 302 g/mol. The zero-order valence-electron chi connectivity index (χ0n) is 12.3. The summed E-state index contributed by atoms with van der Waals surface area (Å²) in [6, 6.07) is 7.34. The van der Waals surface area contributed by atoms with Gasteiger partial charge in [-0.3, -0.25) is 4.79 Å². The maximum Gasteiger partial charge on any atom is 0.273 e. The number of hydrogen-bond donors (Lipinski definition) is 2. The van der Waals surface area contributed by atoms with E-state index in [9.17, 15) is 4.79 Å². The maximum atomic E-state index is 12.3. The van der Waals surface area contributed by atoms with Crippen LogP contribution in [0.5, 0.6) is 0 Å². The number of aromatic nitrogens is 3. The van der Waals surface area contributed by atoms with E-state index < -0.39 is 0 Å². The third-order valence-electron chi connectivity index (χ3n) is 3.78. The van der Waals surface area contributed by atoms with Crippen LogP contribution in [0.3, 0.4) is 0 Å². The fourth-order valence-electron chi connectivity index (χ4n) is 2.42. The van der Waals surface area contributed by atoms with Gasteiger partial charge < -0.3 is 10.6 Å². The summed E-state index contributed by atoms with van der Waals surface area (Å²) in [6.07, 6.45) is 0.660. The van der Waals surface area contributed by atoms with Gasteiger partial charge in [0.1, 0.15) is 0 Å². The summed E-state index contributed by atoms with van der Waals surface area (Å²) < 4.78 is 1.67. The molecule has 1 aliphatic rings. The number of nitrogens with one attached hydrogen (secondary N) is 2. The summed E-state index contributed by atoms with van der Waals surface area (Å²) in [7, 11) is 0. The second-order valence-corrected chi connectivity index (χ2v) is 5.80. The van der Waals surface area contributed by atoms with Crippen LogP contribution in [0, 0.1) is 5.92 Å². The van der Waals surface area contributed by atoms with Crippen LogP contribution in [0.25, 0.3) is 5.69 Å². The van der Waals surface area contributed by atoms with Crippen LogP contribution in [-0.4, -0.2) is 40.5 Å². The molecule has 1 aliphatic heterocycles. The number of halogens is 1. The molecule has 1 saturated heterocycles. The molecule has 1 aromatic carbocycles. The average Bonchev–Trinajstić information content (AvgIpc) is 2.89. The Labute approximate surface area is 133 Å². The van der Waals surface area contributed by atoms with Crippen LogP contribution in [0.4, 0.5) is 0 Å². The van der Waals surface area contributed by atoms with E-state index in [1.165, 1.54) is 0 Å². The van der Waals surface area contributed by atoms with E-state index >= 15 is 0 Å². The van der Waals surface area contributed by atoms with Crippen molar-refractivity contribution in [3.05, 3.63) is 40.7 Å². The van der Waals surface area contributed by atoms with Crippen LogP contribution in [0.2, 0.25) is 5.02 Å². The summed E-state index contributed by atoms with van der Waals surface area (Å²) in [5.74, 6) is 0.342. The van der Waals surface area contributed by atoms with Crippen LogP contribution in [0.1, 0.15) is 23.1 Å². The molecule has 0 aliphatic carbocycles. The van der Waals surface area contributed by atoms with Gasteiger partial charge in [-0.25, -0.2) is 4.68 Å². The van der Waals surface area contributed by atoms with Gasteiger partial charge in [-0.05, 0) is 24.6 Å². The van der Waals surface area contributed by atoms with Gasteiger partial charge in [-0.15, -0.1) is 5.10 Å². The SMILES string of the molecule is CCc1c(C(=O)NCC2CNC2)nnn1-c1cccc(Cl)c1. The molecule has 0 atom stereocenters. The van der Waals surface area contributed by atoms with Gasteiger partial charge >= 0.3 is 0 Å². The Kier molecular flexibility index (Phi) is 4.40. The molecule has 0 saturated carbocycles. The van der Waals surface area contributed by atoms with Crippen LogP contribution in [-0.2, 0) is 6.42 Å². The second kappa shape index (κ2) is 6.46. The average molecular weight is 320 g/mol. The van der Waals surface area contributed by atoms with E-state index in [1.807, 2.05) is 19.1 Å². The highest BCUT2D eigenvalue weighted by atomic mass is 35.5. The van der Waals surface area contributed by atoms with Crippen molar-refractivity contribution in [2.45, 2.75) is 13.3 Å². The minimum absolute atomic E-state index is 0.169. The molecule has 2 heterocycles. The first kappa shape index (κ1) is 15.0. The molecule has 116 valence electrons. The van der Waals surface area contributed by atoms with E-state index in [-0.39, 0.29) is 5.91 Å². The first-order valence-electron chi connectivity index (χ1n) is 7.38. The summed E-state index contributed by atoms with van der Waals surface area (Å²) in [6.45, 7) is 4.55. The maximum absolute atomic E-state index is 12.3. The second-order valence-electron chi connectivity index (χ2n) is 5.36. The van der Waals surface area contributed by atoms with Crippen molar-refractivity contribution in [1.82, 2.24) is 25.6 Å². The molecule has 7 heteroatoms. The molecule has 22 heavy (non-hydrogen) atoms. The van der Waals surface area contributed by atoms with Crippen molar-refractivity contribution in [3.63, 3.8) is 0 Å². The predicted molar refractivity (Wildman–Crippen MR) is 84.4 cm³/mol. The van der Waals surface area contributed by atoms with Gasteiger partial charge in [-0.1, -0.05) is 29.8 Å². The van der Waals surface area contributed by atoms with Gasteiger partial charge in [-0.2, -0.15) is 0 Å². The normalized spacial score (nSPS) is 14.6. The van der Waals surface area contributed by atoms with Crippen LogP contribution >= 0.6 is 11.6 Å². The largest absolute Gasteiger partial charge is 0.350 e. The zero-order chi connectivity index (χ0) is 15.5. The van der Waals surface area contributed by atoms with Crippen molar-refractivity contribution < 1.29 is 4.79 Å². The molecule has 0 spiro atoms. The standard InChI is InChI=1S/C15H18ClN5O/c1-2-13-14(15(22)18-9-10-7-17-8-10)19-20-21(13)12-5-3-4-11(16)6-12/h3-6,10,17H,2,7-9H2,1H3,(H,18,22). The minimum Gasteiger partial charge on any atom is -0.350 e. The summed E-state index contributed by atoms with van der Waals surface area (Å²) in [5, 5.41) is 14.9. The number of amides is 1. The van der Waals surface area contributed by atoms with E-state index in [1.54, 1.807) is 16.8 Å². The number of nitrogens with zero attached hydrogens (tertiary/aromatic N) is 3. The predicted octanol–water partition coefficient (Wildman–Crippen LogP) is 1.43. The molecule has 6 nitrogen and oxygen atoms in total. The highest BCUT2D eigenvalue weighted by molar-refractivity contribution is 6.30. The van der Waals surface area contributed by atoms with Crippen molar-refractivity contribution in [2.24, 2.45) is 5.92 Å². The first-order valence-corrected chi connectivity index (χ1v) is 7.76. The lowest BCUT2D eigenvalue weighted by Gasteiger charge is -2.26. The molecule has 3 rings (SSSR count). The Morgan fingerprint density at radius 3 is 2.95 bits per heavy atom. The quantitative estimate of drug-likeness (QED) is 0.874. The third-order valence-corrected chi connectivity index (χ3v) is 4.02. The topological polar surface area (TPSA) is 71.8 Å². The number of carbonyl (C=O) groups is 1. The van der Waals surface area contributed by atoms with E-state index in [0.717, 1.165) is 24.5 Å². The Morgan fingerprint density at radius 2 is 2.32 bits per heavy atom. The number of carbonyl (C=O) groups excluding carboxylic acids is 1. The molecule has 0 radical (unpaired) electrons. The molecule has 2 N–H and O–H groups in total. The zero-order valence-corrected chi connectivity index (χ0v) is 13.1. The van der Waals surface area contributed by atoms with Gasteiger partial charge in [0, 0.05) is 30.6 Å². The molecular formula is C15H18ClN5O. The molecule has 2 aromatic rings. The number of benzene rings is 1. The Hall–Kier alpha value is -1.92. The lowest BCUT2D eigenvalue weighted by Crippen LogP contribution is -2.48. The van der Waals surface area contributed by atoms with E-state index in [0.29, 0.717) is 29.6 Å². The summed E-state index contributed by atoms with van der Waals surface area (Å²) in [4.78, 5) is 12.3. The summed E-state index contributed by atoms with van der Waals surface area (Å²) >= 11 is 6.02. The molecule has 1 aromatic heterocycles. The van der Waals surface area contributed by atoms with Gasteiger partial charge in [0.05, 0.1) is 11.4 Å². The van der Waals surface area contributed by atoms with Gasteiger partial charge in [0.25, 0.3) is 5.91 Å². The smallest absolute Gasteiger partial charge is 0.273 e. The van der Waals surface area contributed by atoms with Crippen molar-refractivity contribution in [2.75, 3.05) is 19.6 Å². The highest BCUT2D eigenvalue weighted by Gasteiger charge is 2.22. The van der Waals surface area contributed by atoms with Crippen molar-refractivity contribution in [1.29, 1.82) is 0 Å². The molecule has 0 unspecified atom stereocenters. The summed E-state index contributed by atoms with van der Waals surface area (Å²) in [5.41, 5.74) is 1.97. The Balaban J connectivity index is 1.81. The van der Waals surface area contributed by atoms with E-state index in [4.69, 9.17) is 11.6 Å². The van der Waals surface area contributed by atoms with Crippen molar-refractivity contribution >= 4 is 17.5 Å². The Morgan fingerprint density at radius 1 is 1.50 bits per heavy atom. The first-order chi connectivity index (χ1) is 10.7. The monoisotopic (exact) mass is 319 g/mol. The molecule has 1 amide bonds. The van der Waals surface area contributed by atoms with Crippen LogP contribution < -0.4 is 10.6 Å².